The molecule has 154 valence electrons. The summed E-state index contributed by atoms with van der Waals surface area (Å²) in [7, 11) is 0. The first-order valence-corrected chi connectivity index (χ1v) is 10.3. The molecule has 1 aromatic heterocycles. The first-order chi connectivity index (χ1) is 14.2. The van der Waals surface area contributed by atoms with E-state index in [9.17, 15) is 9.59 Å². The quantitative estimate of drug-likeness (QED) is 0.610. The van der Waals surface area contributed by atoms with Gasteiger partial charge in [-0.1, -0.05) is 6.92 Å². The Kier molecular flexibility index (Phi) is 7.76. The highest BCUT2D eigenvalue weighted by atomic mass is 16.5. The van der Waals surface area contributed by atoms with Gasteiger partial charge in [0, 0.05) is 63.5 Å². The van der Waals surface area contributed by atoms with Crippen molar-refractivity contribution >= 4 is 11.7 Å². The van der Waals surface area contributed by atoms with E-state index in [2.05, 4.69) is 16.8 Å². The van der Waals surface area contributed by atoms with Gasteiger partial charge in [-0.25, -0.2) is 0 Å². The van der Waals surface area contributed by atoms with E-state index in [1.807, 2.05) is 29.2 Å². The summed E-state index contributed by atoms with van der Waals surface area (Å²) in [6, 6.07) is 11.2. The molecule has 0 unspecified atom stereocenters. The molecule has 1 amide bonds. The number of benzene rings is 1. The largest absolute Gasteiger partial charge is 0.494 e. The zero-order chi connectivity index (χ0) is 20.5. The van der Waals surface area contributed by atoms with Crippen molar-refractivity contribution in [2.24, 2.45) is 0 Å². The van der Waals surface area contributed by atoms with Crippen LogP contribution >= 0.6 is 0 Å². The number of ketones is 1. The van der Waals surface area contributed by atoms with Crippen LogP contribution in [0.2, 0.25) is 0 Å². The average Bonchev–Trinajstić information content (AvgIpc) is 2.77. The van der Waals surface area contributed by atoms with Gasteiger partial charge in [0.2, 0.25) is 5.91 Å². The second-order valence-corrected chi connectivity index (χ2v) is 7.31. The average molecular weight is 396 g/mol. The molecule has 1 aromatic carbocycles. The molecule has 29 heavy (non-hydrogen) atoms. The minimum atomic E-state index is -0.00304. The zero-order valence-electron chi connectivity index (χ0n) is 17.0. The molecule has 1 saturated heterocycles. The highest BCUT2D eigenvalue weighted by molar-refractivity contribution is 5.98. The number of Topliss-reactive ketones (excluding diaryl/α,β-unsaturated/α-hetero) is 1. The molecule has 3 rings (SSSR count). The normalized spacial score (nSPS) is 14.6. The van der Waals surface area contributed by atoms with Crippen molar-refractivity contribution in [3.05, 3.63) is 59.9 Å². The van der Waals surface area contributed by atoms with Crippen LogP contribution in [0.5, 0.6) is 5.75 Å². The van der Waals surface area contributed by atoms with Crippen LogP contribution in [-0.2, 0) is 11.3 Å². The molecule has 0 spiro atoms. The van der Waals surface area contributed by atoms with Gasteiger partial charge in [0.25, 0.3) is 0 Å². The Morgan fingerprint density at radius 2 is 1.66 bits per heavy atom. The fourth-order valence-corrected chi connectivity index (χ4v) is 3.38. The highest BCUT2D eigenvalue weighted by Gasteiger charge is 2.21. The number of carbonyl (C=O) groups excluding carboxylic acids is 2. The number of nitrogens with zero attached hydrogens (tertiary/aromatic N) is 3. The van der Waals surface area contributed by atoms with E-state index >= 15 is 0 Å². The van der Waals surface area contributed by atoms with Gasteiger partial charge in [-0.2, -0.15) is 0 Å². The number of rotatable bonds is 9. The Bertz CT molecular complexity index is 785. The van der Waals surface area contributed by atoms with Crippen LogP contribution in [0.25, 0.3) is 0 Å². The number of carbonyl (C=O) groups is 2. The van der Waals surface area contributed by atoms with Crippen molar-refractivity contribution < 1.29 is 14.3 Å². The van der Waals surface area contributed by atoms with E-state index in [0.717, 1.165) is 31.8 Å². The molecule has 0 bridgehead atoms. The molecule has 6 nitrogen and oxygen atoms in total. The number of hydrogen-bond acceptors (Lipinski definition) is 5. The van der Waals surface area contributed by atoms with Gasteiger partial charge in [-0.15, -0.1) is 0 Å². The summed E-state index contributed by atoms with van der Waals surface area (Å²) in [5.74, 6) is 0.825. The molecule has 0 N–H and O–H groups in total. The smallest absolute Gasteiger partial charge is 0.223 e. The van der Waals surface area contributed by atoms with E-state index in [4.69, 9.17) is 4.74 Å². The maximum Gasteiger partial charge on any atom is 0.223 e. The summed E-state index contributed by atoms with van der Waals surface area (Å²) in [5, 5.41) is 0. The molecule has 1 aliphatic rings. The first kappa shape index (κ1) is 21.0. The Morgan fingerprint density at radius 1 is 0.966 bits per heavy atom. The third kappa shape index (κ3) is 6.39. The molecule has 6 heteroatoms. The van der Waals surface area contributed by atoms with Crippen LogP contribution in [0.15, 0.2) is 48.8 Å². The maximum atomic E-state index is 12.5. The number of aromatic nitrogens is 1. The Balaban J connectivity index is 1.40. The van der Waals surface area contributed by atoms with Gasteiger partial charge >= 0.3 is 0 Å². The van der Waals surface area contributed by atoms with Crippen LogP contribution < -0.4 is 4.74 Å². The summed E-state index contributed by atoms with van der Waals surface area (Å²) in [5.41, 5.74) is 1.86. The molecule has 0 atom stereocenters. The minimum Gasteiger partial charge on any atom is -0.494 e. The number of ether oxygens (including phenoxy) is 1. The second kappa shape index (κ2) is 10.7. The zero-order valence-corrected chi connectivity index (χ0v) is 17.0. The fourth-order valence-electron chi connectivity index (χ4n) is 3.38. The lowest BCUT2D eigenvalue weighted by Crippen LogP contribution is -2.48. The Morgan fingerprint density at radius 3 is 2.31 bits per heavy atom. The summed E-state index contributed by atoms with van der Waals surface area (Å²) in [6.45, 7) is 6.71. The van der Waals surface area contributed by atoms with Crippen molar-refractivity contribution in [3.63, 3.8) is 0 Å². The number of piperazine rings is 1. The Labute approximate surface area is 172 Å². The molecule has 0 saturated carbocycles. The summed E-state index contributed by atoms with van der Waals surface area (Å²) in [6.07, 6.45) is 5.05. The standard InChI is InChI=1S/C23H29N3O3/c1-2-17-29-21-5-3-20(4-6-21)22(27)7-8-23(28)26-15-13-25(14-16-26)18-19-9-11-24-12-10-19/h3-6,9-12H,2,7-8,13-18H2,1H3. The van der Waals surface area contributed by atoms with Gasteiger partial charge in [0.15, 0.2) is 5.78 Å². The number of pyridine rings is 1. The van der Waals surface area contributed by atoms with E-state index in [1.54, 1.807) is 24.5 Å². The maximum absolute atomic E-state index is 12.5. The van der Waals surface area contributed by atoms with Gasteiger partial charge in [-0.3, -0.25) is 19.5 Å². The summed E-state index contributed by atoms with van der Waals surface area (Å²) in [4.78, 5) is 33.1. The van der Waals surface area contributed by atoms with Crippen LogP contribution in [0.3, 0.4) is 0 Å². The minimum absolute atomic E-state index is 0.00304. The molecular weight excluding hydrogens is 366 g/mol. The second-order valence-electron chi connectivity index (χ2n) is 7.31. The first-order valence-electron chi connectivity index (χ1n) is 10.3. The van der Waals surface area contributed by atoms with Gasteiger partial charge < -0.3 is 9.64 Å². The molecule has 2 heterocycles. The lowest BCUT2D eigenvalue weighted by atomic mass is 10.1. The van der Waals surface area contributed by atoms with E-state index < -0.39 is 0 Å². The monoisotopic (exact) mass is 395 g/mol. The predicted octanol–water partition coefficient (Wildman–Crippen LogP) is 3.18. The number of amides is 1. The summed E-state index contributed by atoms with van der Waals surface area (Å²) < 4.78 is 5.53. The molecular formula is C23H29N3O3. The Hall–Kier alpha value is -2.73. The molecule has 2 aromatic rings. The molecule has 1 aliphatic heterocycles. The van der Waals surface area contributed by atoms with Crippen LogP contribution in [-0.4, -0.2) is 59.3 Å². The van der Waals surface area contributed by atoms with Crippen LogP contribution in [0, 0.1) is 0 Å². The lowest BCUT2D eigenvalue weighted by molar-refractivity contribution is -0.132. The highest BCUT2D eigenvalue weighted by Crippen LogP contribution is 2.15. The van der Waals surface area contributed by atoms with Crippen molar-refractivity contribution in [2.75, 3.05) is 32.8 Å². The van der Waals surface area contributed by atoms with E-state index in [-0.39, 0.29) is 24.5 Å². The van der Waals surface area contributed by atoms with E-state index in [1.165, 1.54) is 5.56 Å². The molecule has 1 fully saturated rings. The van der Waals surface area contributed by atoms with Crippen LogP contribution in [0.1, 0.15) is 42.1 Å². The number of hydrogen-bond donors (Lipinski definition) is 0. The van der Waals surface area contributed by atoms with Crippen molar-refractivity contribution in [1.29, 1.82) is 0 Å². The van der Waals surface area contributed by atoms with Crippen molar-refractivity contribution in [2.45, 2.75) is 32.7 Å². The predicted molar refractivity (Wildman–Crippen MR) is 112 cm³/mol. The lowest BCUT2D eigenvalue weighted by Gasteiger charge is -2.34. The van der Waals surface area contributed by atoms with Gasteiger partial charge in [-0.05, 0) is 48.4 Å². The third-order valence-electron chi connectivity index (χ3n) is 5.10. The SMILES string of the molecule is CCCOc1ccc(C(=O)CCC(=O)N2CCN(Cc3ccncc3)CC2)cc1. The summed E-state index contributed by atoms with van der Waals surface area (Å²) >= 11 is 0. The van der Waals surface area contributed by atoms with Crippen molar-refractivity contribution in [1.82, 2.24) is 14.8 Å². The topological polar surface area (TPSA) is 62.7 Å². The fraction of sp³-hybridized carbons (Fsp3) is 0.435. The van der Waals surface area contributed by atoms with E-state index in [0.29, 0.717) is 25.3 Å². The third-order valence-corrected chi connectivity index (χ3v) is 5.10. The van der Waals surface area contributed by atoms with Gasteiger partial charge in [0.1, 0.15) is 5.75 Å². The molecule has 0 aliphatic carbocycles. The van der Waals surface area contributed by atoms with Crippen molar-refractivity contribution in [3.8, 4) is 5.75 Å². The molecule has 0 radical (unpaired) electrons. The van der Waals surface area contributed by atoms with Crippen LogP contribution in [0.4, 0.5) is 0 Å². The van der Waals surface area contributed by atoms with Gasteiger partial charge in [0.05, 0.1) is 6.61 Å².